The number of nitrogens with one attached hydrogen (secondary N) is 1. The van der Waals surface area contributed by atoms with Crippen LogP contribution in [0.1, 0.15) is 24.8 Å². The van der Waals surface area contributed by atoms with Gasteiger partial charge in [-0.1, -0.05) is 0 Å². The van der Waals surface area contributed by atoms with E-state index in [2.05, 4.69) is 10.2 Å². The van der Waals surface area contributed by atoms with E-state index in [1.165, 1.54) is 11.3 Å². The molecule has 0 saturated carbocycles. The van der Waals surface area contributed by atoms with Crippen molar-refractivity contribution in [3.05, 3.63) is 17.0 Å². The van der Waals surface area contributed by atoms with Crippen molar-refractivity contribution in [1.29, 1.82) is 5.26 Å². The number of rotatable bonds is 6. The van der Waals surface area contributed by atoms with E-state index in [9.17, 15) is 9.59 Å². The summed E-state index contributed by atoms with van der Waals surface area (Å²) in [6.07, 6.45) is 1.42. The quantitative estimate of drug-likeness (QED) is 0.835. The maximum Gasteiger partial charge on any atom is 0.303 e. The van der Waals surface area contributed by atoms with Crippen LogP contribution < -0.4 is 5.32 Å². The highest BCUT2D eigenvalue weighted by atomic mass is 32.1. The molecule has 1 aliphatic rings. The second-order valence-corrected chi connectivity index (χ2v) is 6.04. The Morgan fingerprint density at radius 1 is 1.57 bits per heavy atom. The zero-order chi connectivity index (χ0) is 15.2. The van der Waals surface area contributed by atoms with Gasteiger partial charge in [0.1, 0.15) is 11.1 Å². The Labute approximate surface area is 127 Å². The number of carbonyl (C=O) groups excluding carboxylic acids is 1. The van der Waals surface area contributed by atoms with Gasteiger partial charge in [-0.15, -0.1) is 11.3 Å². The smallest absolute Gasteiger partial charge is 0.303 e. The molecule has 1 aromatic heterocycles. The fourth-order valence-electron chi connectivity index (χ4n) is 2.47. The van der Waals surface area contributed by atoms with Crippen molar-refractivity contribution in [1.82, 2.24) is 4.90 Å². The molecule has 2 N–H and O–H groups in total. The Kier molecular flexibility index (Phi) is 5.31. The van der Waals surface area contributed by atoms with Crippen LogP contribution in [0.25, 0.3) is 0 Å². The minimum atomic E-state index is -0.763. The number of amides is 1. The Morgan fingerprint density at radius 2 is 2.38 bits per heavy atom. The molecule has 0 aromatic carbocycles. The standard InChI is InChI=1S/C14H17N3O3S/c15-8-11-3-6-21-14(11)16-12(18)2-5-17-4-1-10(9-17)7-13(19)20/h3,6,10H,1-2,4-5,7,9H2,(H,16,18)(H,19,20). The van der Waals surface area contributed by atoms with Gasteiger partial charge >= 0.3 is 5.97 Å². The van der Waals surface area contributed by atoms with Crippen LogP contribution in [0, 0.1) is 17.2 Å². The lowest BCUT2D eigenvalue weighted by Crippen LogP contribution is -2.26. The summed E-state index contributed by atoms with van der Waals surface area (Å²) < 4.78 is 0. The molecule has 7 heteroatoms. The lowest BCUT2D eigenvalue weighted by atomic mass is 10.1. The highest BCUT2D eigenvalue weighted by Crippen LogP contribution is 2.23. The Hall–Kier alpha value is -1.91. The van der Waals surface area contributed by atoms with Crippen molar-refractivity contribution < 1.29 is 14.7 Å². The number of carboxylic acid groups (broad SMARTS) is 1. The normalized spacial score (nSPS) is 18.3. The zero-order valence-electron chi connectivity index (χ0n) is 11.5. The van der Waals surface area contributed by atoms with Gasteiger partial charge in [0.25, 0.3) is 0 Å². The number of hydrogen-bond donors (Lipinski definition) is 2. The van der Waals surface area contributed by atoms with Crippen molar-refractivity contribution in [2.24, 2.45) is 5.92 Å². The molecule has 2 rings (SSSR count). The van der Waals surface area contributed by atoms with E-state index in [-0.39, 0.29) is 18.2 Å². The largest absolute Gasteiger partial charge is 0.481 e. The second kappa shape index (κ2) is 7.20. The van der Waals surface area contributed by atoms with Gasteiger partial charge in [-0.2, -0.15) is 5.26 Å². The van der Waals surface area contributed by atoms with Crippen molar-refractivity contribution in [3.8, 4) is 6.07 Å². The van der Waals surface area contributed by atoms with Gasteiger partial charge in [-0.05, 0) is 30.3 Å². The number of aliphatic carboxylic acids is 1. The molecule has 0 spiro atoms. The fourth-order valence-corrected chi connectivity index (χ4v) is 3.23. The third-order valence-corrected chi connectivity index (χ3v) is 4.36. The summed E-state index contributed by atoms with van der Waals surface area (Å²) in [6.45, 7) is 2.20. The van der Waals surface area contributed by atoms with Crippen molar-refractivity contribution in [2.45, 2.75) is 19.3 Å². The summed E-state index contributed by atoms with van der Waals surface area (Å²) in [5, 5.41) is 22.7. The molecule has 0 radical (unpaired) electrons. The first-order valence-corrected chi connectivity index (χ1v) is 7.68. The number of carboxylic acids is 1. The van der Waals surface area contributed by atoms with Gasteiger partial charge in [0.05, 0.1) is 5.56 Å². The van der Waals surface area contributed by atoms with E-state index >= 15 is 0 Å². The maximum absolute atomic E-state index is 11.9. The highest BCUT2D eigenvalue weighted by molar-refractivity contribution is 7.14. The SMILES string of the molecule is N#Cc1ccsc1NC(=O)CCN1CCC(CC(=O)O)C1. The van der Waals surface area contributed by atoms with Crippen molar-refractivity contribution in [2.75, 3.05) is 25.0 Å². The summed E-state index contributed by atoms with van der Waals surface area (Å²) in [5.41, 5.74) is 0.482. The van der Waals surface area contributed by atoms with Gasteiger partial charge in [-0.3, -0.25) is 9.59 Å². The number of anilines is 1. The molecule has 2 heterocycles. The molecule has 1 atom stereocenters. The van der Waals surface area contributed by atoms with Crippen LogP contribution in [-0.2, 0) is 9.59 Å². The number of carbonyl (C=O) groups is 2. The molecule has 112 valence electrons. The number of likely N-dealkylation sites (tertiary alicyclic amines) is 1. The average molecular weight is 307 g/mol. The predicted octanol–water partition coefficient (Wildman–Crippen LogP) is 1.74. The van der Waals surface area contributed by atoms with Gasteiger partial charge in [0.15, 0.2) is 0 Å². The lowest BCUT2D eigenvalue weighted by Gasteiger charge is -2.15. The van der Waals surface area contributed by atoms with Crippen LogP contribution in [0.5, 0.6) is 0 Å². The first kappa shape index (κ1) is 15.5. The molecule has 0 bridgehead atoms. The molecule has 6 nitrogen and oxygen atoms in total. The molecule has 0 aliphatic carbocycles. The summed E-state index contributed by atoms with van der Waals surface area (Å²) >= 11 is 1.33. The topological polar surface area (TPSA) is 93.4 Å². The molecule has 1 aliphatic heterocycles. The average Bonchev–Trinajstić information content (AvgIpc) is 3.05. The summed E-state index contributed by atoms with van der Waals surface area (Å²) in [7, 11) is 0. The molecule has 1 unspecified atom stereocenters. The van der Waals surface area contributed by atoms with Crippen LogP contribution in [0.3, 0.4) is 0 Å². The fraction of sp³-hybridized carbons (Fsp3) is 0.500. The number of hydrogen-bond acceptors (Lipinski definition) is 5. The minimum absolute atomic E-state index is 0.115. The van der Waals surface area contributed by atoms with E-state index in [0.717, 1.165) is 19.5 Å². The third-order valence-electron chi connectivity index (χ3n) is 3.53. The molecule has 1 saturated heterocycles. The van der Waals surface area contributed by atoms with Gasteiger partial charge < -0.3 is 15.3 Å². The number of nitrogens with zero attached hydrogens (tertiary/aromatic N) is 2. The maximum atomic E-state index is 11.9. The predicted molar refractivity (Wildman–Crippen MR) is 79.1 cm³/mol. The van der Waals surface area contributed by atoms with E-state index in [1.54, 1.807) is 11.4 Å². The van der Waals surface area contributed by atoms with Crippen molar-refractivity contribution in [3.63, 3.8) is 0 Å². The molecule has 21 heavy (non-hydrogen) atoms. The summed E-state index contributed by atoms with van der Waals surface area (Å²) in [4.78, 5) is 24.6. The van der Waals surface area contributed by atoms with Gasteiger partial charge in [0.2, 0.25) is 5.91 Å². The van der Waals surface area contributed by atoms with E-state index in [0.29, 0.717) is 23.5 Å². The summed E-state index contributed by atoms with van der Waals surface area (Å²) in [5.74, 6) is -0.690. The molecular formula is C14H17N3O3S. The third kappa shape index (κ3) is 4.55. The van der Waals surface area contributed by atoms with E-state index in [4.69, 9.17) is 10.4 Å². The monoisotopic (exact) mass is 307 g/mol. The van der Waals surface area contributed by atoms with Gasteiger partial charge in [-0.25, -0.2) is 0 Å². The van der Waals surface area contributed by atoms with Crippen molar-refractivity contribution >= 4 is 28.2 Å². The van der Waals surface area contributed by atoms with E-state index < -0.39 is 5.97 Å². The van der Waals surface area contributed by atoms with Crippen LogP contribution in [0.15, 0.2) is 11.4 Å². The van der Waals surface area contributed by atoms with Crippen LogP contribution >= 0.6 is 11.3 Å². The zero-order valence-corrected chi connectivity index (χ0v) is 12.4. The second-order valence-electron chi connectivity index (χ2n) is 5.13. The number of nitriles is 1. The first-order valence-electron chi connectivity index (χ1n) is 6.80. The van der Waals surface area contributed by atoms with Gasteiger partial charge in [0, 0.05) is 25.9 Å². The Balaban J connectivity index is 1.73. The summed E-state index contributed by atoms with van der Waals surface area (Å²) in [6, 6.07) is 3.71. The van der Waals surface area contributed by atoms with Crippen LogP contribution in [0.2, 0.25) is 0 Å². The lowest BCUT2D eigenvalue weighted by molar-refractivity contribution is -0.138. The van der Waals surface area contributed by atoms with Crippen LogP contribution in [0.4, 0.5) is 5.00 Å². The molecule has 1 amide bonds. The minimum Gasteiger partial charge on any atom is -0.481 e. The molecular weight excluding hydrogens is 290 g/mol. The Bertz CT molecular complexity index is 564. The number of thiophene rings is 1. The first-order chi connectivity index (χ1) is 10.1. The highest BCUT2D eigenvalue weighted by Gasteiger charge is 2.24. The molecule has 1 fully saturated rings. The van der Waals surface area contributed by atoms with Crippen LogP contribution in [-0.4, -0.2) is 41.5 Å². The molecule has 1 aromatic rings. The Morgan fingerprint density at radius 3 is 3.10 bits per heavy atom. The van der Waals surface area contributed by atoms with E-state index in [1.807, 2.05) is 6.07 Å².